The van der Waals surface area contributed by atoms with Gasteiger partial charge in [-0.1, -0.05) is 12.1 Å². The number of carbonyl (C=O) groups is 2. The van der Waals surface area contributed by atoms with Crippen LogP contribution >= 0.6 is 0 Å². The molecule has 1 amide bonds. The summed E-state index contributed by atoms with van der Waals surface area (Å²) >= 11 is 0. The Kier molecular flexibility index (Phi) is 4.74. The van der Waals surface area contributed by atoms with Crippen molar-refractivity contribution in [1.82, 2.24) is 5.32 Å². The molecule has 0 aliphatic heterocycles. The van der Waals surface area contributed by atoms with Crippen molar-refractivity contribution in [2.24, 2.45) is 0 Å². The second-order valence-electron chi connectivity index (χ2n) is 4.96. The fourth-order valence-corrected chi connectivity index (χ4v) is 1.78. The van der Waals surface area contributed by atoms with Crippen LogP contribution in [0.1, 0.15) is 35.7 Å². The molecule has 1 atom stereocenters. The maximum Gasteiger partial charge on any atom is 0.338 e. The lowest BCUT2D eigenvalue weighted by Gasteiger charge is -2.13. The van der Waals surface area contributed by atoms with Gasteiger partial charge >= 0.3 is 5.97 Å². The lowest BCUT2D eigenvalue weighted by molar-refractivity contribution is -0.129. The van der Waals surface area contributed by atoms with Crippen LogP contribution < -0.4 is 5.32 Å². The molecule has 1 aromatic carbocycles. The number of nitrogens with one attached hydrogen (secondary N) is 1. The minimum atomic E-state index is -0.783. The van der Waals surface area contributed by atoms with Gasteiger partial charge in [-0.15, -0.1) is 0 Å². The van der Waals surface area contributed by atoms with Gasteiger partial charge < -0.3 is 14.8 Å². The third kappa shape index (κ3) is 4.06. The normalized spacial score (nSPS) is 15.5. The van der Waals surface area contributed by atoms with Crippen molar-refractivity contribution in [3.63, 3.8) is 0 Å². The minimum absolute atomic E-state index is 0.242. The second-order valence-corrected chi connectivity index (χ2v) is 4.96. The van der Waals surface area contributed by atoms with Gasteiger partial charge in [-0.25, -0.2) is 4.79 Å². The standard InChI is InChI=1S/C15H19NO4/c1-10(14(17)16-13-6-7-13)20-15(18)12-5-3-4-11(8-12)9-19-2/h3-5,8,10,13H,6-7,9H2,1-2H3,(H,16,17)/t10-/m0/s1. The highest BCUT2D eigenvalue weighted by Crippen LogP contribution is 2.19. The first-order chi connectivity index (χ1) is 9.60. The molecule has 5 nitrogen and oxygen atoms in total. The first kappa shape index (κ1) is 14.5. The van der Waals surface area contributed by atoms with Gasteiger partial charge in [-0.2, -0.15) is 0 Å². The van der Waals surface area contributed by atoms with E-state index in [0.717, 1.165) is 18.4 Å². The molecule has 0 aromatic heterocycles. The summed E-state index contributed by atoms with van der Waals surface area (Å²) in [6.07, 6.45) is 1.23. The number of hydrogen-bond donors (Lipinski definition) is 1. The van der Waals surface area contributed by atoms with Gasteiger partial charge in [0.05, 0.1) is 12.2 Å². The maximum atomic E-state index is 12.0. The highest BCUT2D eigenvalue weighted by atomic mass is 16.5. The van der Waals surface area contributed by atoms with E-state index >= 15 is 0 Å². The van der Waals surface area contributed by atoms with Crippen LogP contribution in [0.3, 0.4) is 0 Å². The zero-order valence-electron chi connectivity index (χ0n) is 11.7. The number of esters is 1. The van der Waals surface area contributed by atoms with E-state index in [1.54, 1.807) is 32.2 Å². The van der Waals surface area contributed by atoms with Crippen molar-refractivity contribution in [2.75, 3.05) is 7.11 Å². The van der Waals surface area contributed by atoms with E-state index < -0.39 is 12.1 Å². The highest BCUT2D eigenvalue weighted by Gasteiger charge is 2.27. The summed E-state index contributed by atoms with van der Waals surface area (Å²) in [5.74, 6) is -0.740. The Hall–Kier alpha value is -1.88. The molecule has 108 valence electrons. The molecular formula is C15H19NO4. The zero-order valence-corrected chi connectivity index (χ0v) is 11.7. The first-order valence-electron chi connectivity index (χ1n) is 6.69. The minimum Gasteiger partial charge on any atom is -0.449 e. The monoisotopic (exact) mass is 277 g/mol. The Bertz CT molecular complexity index is 496. The second kappa shape index (κ2) is 6.52. The summed E-state index contributed by atoms with van der Waals surface area (Å²) in [5, 5.41) is 2.81. The van der Waals surface area contributed by atoms with Crippen LogP contribution in [0.2, 0.25) is 0 Å². The smallest absolute Gasteiger partial charge is 0.338 e. The topological polar surface area (TPSA) is 64.6 Å². The van der Waals surface area contributed by atoms with Crippen molar-refractivity contribution < 1.29 is 19.1 Å². The maximum absolute atomic E-state index is 12.0. The molecule has 1 aliphatic carbocycles. The molecule has 20 heavy (non-hydrogen) atoms. The summed E-state index contributed by atoms with van der Waals surface area (Å²) in [7, 11) is 1.59. The lowest BCUT2D eigenvalue weighted by atomic mass is 10.1. The van der Waals surface area contributed by atoms with Crippen LogP contribution in [0.5, 0.6) is 0 Å². The van der Waals surface area contributed by atoms with E-state index in [4.69, 9.17) is 9.47 Å². The molecule has 1 fully saturated rings. The summed E-state index contributed by atoms with van der Waals surface area (Å²) in [5.41, 5.74) is 1.31. The fourth-order valence-electron chi connectivity index (χ4n) is 1.78. The number of hydrogen-bond acceptors (Lipinski definition) is 4. The summed E-state index contributed by atoms with van der Waals surface area (Å²) in [6.45, 7) is 2.01. The van der Waals surface area contributed by atoms with Crippen molar-refractivity contribution in [1.29, 1.82) is 0 Å². The first-order valence-corrected chi connectivity index (χ1v) is 6.69. The zero-order chi connectivity index (χ0) is 14.5. The number of rotatable bonds is 6. The Morgan fingerprint density at radius 3 is 2.80 bits per heavy atom. The Morgan fingerprint density at radius 1 is 1.40 bits per heavy atom. The SMILES string of the molecule is COCc1cccc(C(=O)O[C@@H](C)C(=O)NC2CC2)c1. The van der Waals surface area contributed by atoms with Gasteiger partial charge in [0.25, 0.3) is 5.91 Å². The molecule has 0 unspecified atom stereocenters. The number of carbonyl (C=O) groups excluding carboxylic acids is 2. The number of amides is 1. The van der Waals surface area contributed by atoms with Gasteiger partial charge in [0.1, 0.15) is 0 Å². The lowest BCUT2D eigenvalue weighted by Crippen LogP contribution is -2.37. The number of methoxy groups -OCH3 is 1. The van der Waals surface area contributed by atoms with Crippen molar-refractivity contribution in [3.8, 4) is 0 Å². The van der Waals surface area contributed by atoms with Crippen LogP contribution in [0, 0.1) is 0 Å². The molecule has 1 saturated carbocycles. The van der Waals surface area contributed by atoms with Crippen LogP contribution in [-0.4, -0.2) is 31.1 Å². The molecule has 0 heterocycles. The van der Waals surface area contributed by atoms with Crippen molar-refractivity contribution in [3.05, 3.63) is 35.4 Å². The molecule has 0 bridgehead atoms. The molecule has 1 aromatic rings. The van der Waals surface area contributed by atoms with E-state index in [1.165, 1.54) is 0 Å². The van der Waals surface area contributed by atoms with E-state index in [9.17, 15) is 9.59 Å². The average molecular weight is 277 g/mol. The summed E-state index contributed by atoms with van der Waals surface area (Å²) in [4.78, 5) is 23.7. The van der Waals surface area contributed by atoms with E-state index in [2.05, 4.69) is 5.32 Å². The predicted octanol–water partition coefficient (Wildman–Crippen LogP) is 1.66. The number of benzene rings is 1. The fraction of sp³-hybridized carbons (Fsp3) is 0.467. The largest absolute Gasteiger partial charge is 0.449 e. The van der Waals surface area contributed by atoms with Gasteiger partial charge in [0, 0.05) is 13.2 Å². The van der Waals surface area contributed by atoms with Gasteiger partial charge in [-0.3, -0.25) is 4.79 Å². The molecule has 1 aliphatic rings. The third-order valence-corrected chi connectivity index (χ3v) is 3.05. The molecule has 5 heteroatoms. The summed E-state index contributed by atoms with van der Waals surface area (Å²) < 4.78 is 10.2. The predicted molar refractivity (Wildman–Crippen MR) is 73.2 cm³/mol. The van der Waals surface area contributed by atoms with Gasteiger partial charge in [0.2, 0.25) is 0 Å². The molecule has 0 radical (unpaired) electrons. The molecule has 0 saturated heterocycles. The van der Waals surface area contributed by atoms with Crippen LogP contribution in [0.25, 0.3) is 0 Å². The quantitative estimate of drug-likeness (QED) is 0.803. The Morgan fingerprint density at radius 2 is 2.15 bits per heavy atom. The van der Waals surface area contributed by atoms with Gasteiger partial charge in [0.15, 0.2) is 6.10 Å². The van der Waals surface area contributed by atoms with Crippen molar-refractivity contribution in [2.45, 2.75) is 38.5 Å². The van der Waals surface area contributed by atoms with Crippen LogP contribution in [0.4, 0.5) is 0 Å². The summed E-state index contributed by atoms with van der Waals surface area (Å²) in [6, 6.07) is 7.25. The average Bonchev–Trinajstić information content (AvgIpc) is 3.23. The third-order valence-electron chi connectivity index (χ3n) is 3.05. The Balaban J connectivity index is 1.92. The van der Waals surface area contributed by atoms with E-state index in [1.807, 2.05) is 6.07 Å². The number of ether oxygens (including phenoxy) is 2. The Labute approximate surface area is 118 Å². The molecule has 0 spiro atoms. The molecule has 1 N–H and O–H groups in total. The van der Waals surface area contributed by atoms with Crippen LogP contribution in [0.15, 0.2) is 24.3 Å². The molecule has 2 rings (SSSR count). The highest BCUT2D eigenvalue weighted by molar-refractivity contribution is 5.92. The van der Waals surface area contributed by atoms with Gasteiger partial charge in [-0.05, 0) is 37.5 Å². The molecular weight excluding hydrogens is 258 g/mol. The van der Waals surface area contributed by atoms with Crippen molar-refractivity contribution >= 4 is 11.9 Å². The van der Waals surface area contributed by atoms with E-state index in [0.29, 0.717) is 12.2 Å². The van der Waals surface area contributed by atoms with E-state index in [-0.39, 0.29) is 11.9 Å². The van der Waals surface area contributed by atoms with Crippen LogP contribution in [-0.2, 0) is 20.9 Å².